The molecule has 0 radical (unpaired) electrons. The van der Waals surface area contributed by atoms with Crippen LogP contribution in [0.4, 0.5) is 38.5 Å². The molecule has 12 rings (SSSR count). The third kappa shape index (κ3) is 6.86. The zero-order valence-corrected chi connectivity index (χ0v) is 46.2. The summed E-state index contributed by atoms with van der Waals surface area (Å²) in [6.45, 7) is 38.0. The summed E-state index contributed by atoms with van der Waals surface area (Å²) < 4.78 is 24.4. The van der Waals surface area contributed by atoms with E-state index in [0.29, 0.717) is 5.56 Å². The Labute approximate surface area is 430 Å². The van der Waals surface area contributed by atoms with Crippen LogP contribution in [-0.4, -0.2) is 6.71 Å². The van der Waals surface area contributed by atoms with Crippen LogP contribution >= 0.6 is 0 Å². The molecule has 370 valence electrons. The quantitative estimate of drug-likeness (QED) is 0.165. The second-order valence-electron chi connectivity index (χ2n) is 28.0. The van der Waals surface area contributed by atoms with Crippen molar-refractivity contribution in [2.75, 3.05) is 9.80 Å². The van der Waals surface area contributed by atoms with Crippen molar-refractivity contribution in [3.63, 3.8) is 0 Å². The number of fused-ring (bicyclic) bond motifs is 9. The third-order valence-electron chi connectivity index (χ3n) is 19.1. The van der Waals surface area contributed by atoms with E-state index in [1.807, 2.05) is 18.2 Å². The van der Waals surface area contributed by atoms with Crippen molar-refractivity contribution < 1.29 is 8.81 Å². The second-order valence-corrected chi connectivity index (χ2v) is 28.0. The lowest BCUT2D eigenvalue weighted by Crippen LogP contribution is -2.61. The van der Waals surface area contributed by atoms with E-state index >= 15 is 4.39 Å². The van der Waals surface area contributed by atoms with Gasteiger partial charge in [0.05, 0.1) is 17.0 Å². The first kappa shape index (κ1) is 47.5. The highest BCUT2D eigenvalue weighted by Crippen LogP contribution is 2.56. The molecule has 7 aromatic rings. The minimum atomic E-state index is -0.209. The van der Waals surface area contributed by atoms with E-state index in [1.54, 1.807) is 6.07 Å². The highest BCUT2D eigenvalue weighted by atomic mass is 19.1. The molecule has 1 aromatic heterocycles. The van der Waals surface area contributed by atoms with Crippen molar-refractivity contribution in [3.8, 4) is 11.1 Å². The summed E-state index contributed by atoms with van der Waals surface area (Å²) in [5.74, 6) is -0.207. The predicted molar refractivity (Wildman–Crippen MR) is 305 cm³/mol. The molecule has 5 heteroatoms. The molecular weight excluding hydrogens is 879 g/mol. The number of halogens is 1. The molecule has 5 aliphatic rings. The molecule has 0 atom stereocenters. The van der Waals surface area contributed by atoms with Gasteiger partial charge >= 0.3 is 0 Å². The molecule has 3 heterocycles. The second kappa shape index (κ2) is 15.0. The number of rotatable bonds is 3. The number of furan rings is 1. The number of benzene rings is 6. The first-order chi connectivity index (χ1) is 33.6. The third-order valence-corrected chi connectivity index (χ3v) is 19.1. The fraction of sp³-hybridized carbons (Fsp3) is 0.433. The Hall–Kier alpha value is -5.55. The monoisotopic (exact) mass is 955 g/mol. The smallest absolute Gasteiger partial charge is 0.297 e. The molecule has 3 nitrogen and oxygen atoms in total. The van der Waals surface area contributed by atoms with Gasteiger partial charge < -0.3 is 14.2 Å². The summed E-state index contributed by atoms with van der Waals surface area (Å²) in [5.41, 5.74) is 23.4. The first-order valence-electron chi connectivity index (χ1n) is 27.2. The van der Waals surface area contributed by atoms with Gasteiger partial charge in [-0.05, 0) is 199 Å². The number of hydrogen-bond acceptors (Lipinski definition) is 3. The lowest BCUT2D eigenvalue weighted by Gasteiger charge is -2.46. The minimum absolute atomic E-state index is 0.0121. The molecule has 0 amide bonds. The van der Waals surface area contributed by atoms with Crippen molar-refractivity contribution in [1.29, 1.82) is 0 Å². The number of aryl methyl sites for hydroxylation is 1. The van der Waals surface area contributed by atoms with Crippen LogP contribution in [0.2, 0.25) is 0 Å². The maximum absolute atomic E-state index is 16.7. The van der Waals surface area contributed by atoms with Crippen LogP contribution < -0.4 is 26.4 Å². The fourth-order valence-corrected chi connectivity index (χ4v) is 14.1. The Morgan fingerprint density at radius 3 is 1.62 bits per heavy atom. The fourth-order valence-electron chi connectivity index (χ4n) is 14.1. The van der Waals surface area contributed by atoms with E-state index in [9.17, 15) is 0 Å². The normalized spacial score (nSPS) is 20.3. The largest absolute Gasteiger partial charge is 0.468 e. The molecule has 0 saturated carbocycles. The average molecular weight is 955 g/mol. The lowest BCUT2D eigenvalue weighted by atomic mass is 9.35. The molecule has 3 aliphatic carbocycles. The van der Waals surface area contributed by atoms with Gasteiger partial charge in [0.15, 0.2) is 0 Å². The lowest BCUT2D eigenvalue weighted by molar-refractivity contribution is 0.332. The van der Waals surface area contributed by atoms with Gasteiger partial charge in [-0.1, -0.05) is 140 Å². The van der Waals surface area contributed by atoms with Crippen molar-refractivity contribution in [1.82, 2.24) is 0 Å². The Morgan fingerprint density at radius 2 is 1.03 bits per heavy atom. The van der Waals surface area contributed by atoms with Crippen LogP contribution in [0.3, 0.4) is 0 Å². The number of nitrogens with zero attached hydrogens (tertiary/aromatic N) is 2. The molecule has 0 bridgehead atoms. The van der Waals surface area contributed by atoms with Crippen LogP contribution in [0.15, 0.2) is 101 Å². The molecular formula is C67H76BFN2O. The first-order valence-corrected chi connectivity index (χ1v) is 27.2. The zero-order valence-electron chi connectivity index (χ0n) is 46.2. The summed E-state index contributed by atoms with van der Waals surface area (Å²) in [7, 11) is 0. The maximum atomic E-state index is 16.7. The van der Waals surface area contributed by atoms with Gasteiger partial charge in [-0.2, -0.15) is 0 Å². The van der Waals surface area contributed by atoms with Crippen molar-refractivity contribution in [2.24, 2.45) is 0 Å². The summed E-state index contributed by atoms with van der Waals surface area (Å²) in [5, 5.41) is 1.18. The molecule has 0 unspecified atom stereocenters. The van der Waals surface area contributed by atoms with Crippen LogP contribution in [-0.2, 0) is 37.9 Å². The summed E-state index contributed by atoms with van der Waals surface area (Å²) in [4.78, 5) is 5.12. The van der Waals surface area contributed by atoms with Gasteiger partial charge in [-0.15, -0.1) is 0 Å². The Balaban J connectivity index is 1.23. The minimum Gasteiger partial charge on any atom is -0.468 e. The Morgan fingerprint density at radius 1 is 0.500 bits per heavy atom. The standard InChI is InChI=1S/C67H76BFN2O/c1-39-31-55-58-56(32-39)71(54-37-49-47(64(9,10)27-29-66(49,13)14)35-43(54)42-19-17-18-20-52(42)69)53-24-21-40(61(2,3)4)33-51(53)68(58)60-59(44-36-48-50(38-57(44)72-60)67(15,16)30-28-65(48,11)12)70(55)41-22-23-45-46(34-41)63(7,8)26-25-62(45,5)6/h17-24,31-38H,25-30H2,1-16H3. The van der Waals surface area contributed by atoms with E-state index in [1.165, 1.54) is 66.5 Å². The van der Waals surface area contributed by atoms with Gasteiger partial charge in [-0.3, -0.25) is 0 Å². The highest BCUT2D eigenvalue weighted by Gasteiger charge is 2.50. The van der Waals surface area contributed by atoms with Crippen LogP contribution in [0.1, 0.15) is 187 Å². The van der Waals surface area contributed by atoms with Crippen LogP contribution in [0, 0.1) is 12.7 Å². The summed E-state index contributed by atoms with van der Waals surface area (Å²) in [6, 6.07) is 36.6. The molecule has 6 aromatic carbocycles. The van der Waals surface area contributed by atoms with Gasteiger partial charge in [0.2, 0.25) is 0 Å². The number of hydrogen-bond donors (Lipinski definition) is 0. The predicted octanol–water partition coefficient (Wildman–Crippen LogP) is 17.0. The van der Waals surface area contributed by atoms with E-state index < -0.39 is 0 Å². The molecule has 0 spiro atoms. The van der Waals surface area contributed by atoms with Crippen molar-refractivity contribution in [2.45, 2.75) is 187 Å². The van der Waals surface area contributed by atoms with E-state index in [4.69, 9.17) is 4.42 Å². The molecule has 0 fully saturated rings. The molecule has 0 saturated heterocycles. The summed E-state index contributed by atoms with van der Waals surface area (Å²) in [6.07, 6.45) is 6.72. The topological polar surface area (TPSA) is 19.6 Å². The SMILES string of the molecule is Cc1cc2c3c(c1)N(c1ccc4c(c1)C(C)(C)CCC4(C)C)c1c(oc4cc5c(cc14)C(C)(C)CCC5(C)C)B3c1cc(C(C)(C)C)ccc1N2c1cc2c(cc1-c1ccccc1F)C(C)(C)CCC2(C)C. The van der Waals surface area contributed by atoms with E-state index in [2.05, 4.69) is 193 Å². The van der Waals surface area contributed by atoms with Gasteiger partial charge in [0, 0.05) is 39.3 Å². The van der Waals surface area contributed by atoms with E-state index in [-0.39, 0.29) is 50.4 Å². The summed E-state index contributed by atoms with van der Waals surface area (Å²) >= 11 is 0. The molecule has 0 N–H and O–H groups in total. The average Bonchev–Trinajstić information content (AvgIpc) is 3.68. The maximum Gasteiger partial charge on any atom is 0.297 e. The molecule has 72 heavy (non-hydrogen) atoms. The van der Waals surface area contributed by atoms with E-state index in [0.717, 1.165) is 83.8 Å². The highest BCUT2D eigenvalue weighted by molar-refractivity contribution is 7.00. The van der Waals surface area contributed by atoms with Crippen LogP contribution in [0.5, 0.6) is 0 Å². The Kier molecular flexibility index (Phi) is 9.91. The van der Waals surface area contributed by atoms with Gasteiger partial charge in [0.25, 0.3) is 6.71 Å². The Bertz CT molecular complexity index is 3460. The van der Waals surface area contributed by atoms with Gasteiger partial charge in [0.1, 0.15) is 11.4 Å². The van der Waals surface area contributed by atoms with Gasteiger partial charge in [-0.25, -0.2) is 4.39 Å². The van der Waals surface area contributed by atoms with Crippen molar-refractivity contribution >= 4 is 68.4 Å². The van der Waals surface area contributed by atoms with Crippen LogP contribution in [0.25, 0.3) is 22.1 Å². The van der Waals surface area contributed by atoms with Crippen molar-refractivity contribution in [3.05, 3.63) is 147 Å². The zero-order chi connectivity index (χ0) is 51.2. The number of anilines is 6. The molecule has 2 aliphatic heterocycles.